The van der Waals surface area contributed by atoms with Crippen molar-refractivity contribution >= 4 is 28.9 Å². The topological polar surface area (TPSA) is 151 Å². The van der Waals surface area contributed by atoms with Crippen molar-refractivity contribution in [2.45, 2.75) is 6.92 Å². The van der Waals surface area contributed by atoms with E-state index in [4.69, 9.17) is 9.47 Å². The zero-order chi connectivity index (χ0) is 24.1. The average Bonchev–Trinajstić information content (AvgIpc) is 2.79. The molecule has 0 spiro atoms. The number of carbonyl (C=O) groups is 2. The number of benzene rings is 3. The summed E-state index contributed by atoms with van der Waals surface area (Å²) in [7, 11) is 1.53. The number of nitro groups is 2. The largest absolute Gasteiger partial charge is 0.497 e. The molecule has 0 fully saturated rings. The number of methoxy groups -OCH3 is 1. The summed E-state index contributed by atoms with van der Waals surface area (Å²) in [6.07, 6.45) is 0. The molecule has 0 atom stereocenters. The molecule has 3 aromatic rings. The smallest absolute Gasteiger partial charge is 0.344 e. The maximum atomic E-state index is 12.4. The molecule has 33 heavy (non-hydrogen) atoms. The molecule has 3 rings (SSSR count). The van der Waals surface area contributed by atoms with Crippen LogP contribution in [0.2, 0.25) is 0 Å². The van der Waals surface area contributed by atoms with Crippen molar-refractivity contribution in [1.82, 2.24) is 0 Å². The Kier molecular flexibility index (Phi) is 6.63. The van der Waals surface area contributed by atoms with Gasteiger partial charge in [0.1, 0.15) is 17.1 Å². The van der Waals surface area contributed by atoms with Gasteiger partial charge in [-0.3, -0.25) is 25.0 Å². The van der Waals surface area contributed by atoms with Crippen LogP contribution < -0.4 is 14.8 Å². The minimum absolute atomic E-state index is 0.0480. The third kappa shape index (κ3) is 5.28. The highest BCUT2D eigenvalue weighted by molar-refractivity contribution is 6.04. The van der Waals surface area contributed by atoms with E-state index in [1.54, 1.807) is 24.3 Å². The number of rotatable bonds is 7. The van der Waals surface area contributed by atoms with Gasteiger partial charge in [0.2, 0.25) is 0 Å². The molecular weight excluding hydrogens is 434 g/mol. The van der Waals surface area contributed by atoms with Crippen molar-refractivity contribution in [3.05, 3.63) is 97.6 Å². The van der Waals surface area contributed by atoms with Crippen LogP contribution in [-0.4, -0.2) is 28.8 Å². The van der Waals surface area contributed by atoms with E-state index in [0.717, 1.165) is 12.1 Å². The Morgan fingerprint density at radius 2 is 1.33 bits per heavy atom. The van der Waals surface area contributed by atoms with Gasteiger partial charge in [0.05, 0.1) is 22.5 Å². The molecule has 0 aliphatic carbocycles. The van der Waals surface area contributed by atoms with Crippen molar-refractivity contribution < 1.29 is 28.9 Å². The van der Waals surface area contributed by atoms with Crippen molar-refractivity contribution in [2.24, 2.45) is 0 Å². The summed E-state index contributed by atoms with van der Waals surface area (Å²) < 4.78 is 10.2. The van der Waals surface area contributed by atoms with Crippen molar-refractivity contribution in [1.29, 1.82) is 0 Å². The number of amides is 1. The van der Waals surface area contributed by atoms with Gasteiger partial charge in [-0.05, 0) is 55.5 Å². The zero-order valence-corrected chi connectivity index (χ0v) is 17.4. The number of hydrogen-bond donors (Lipinski definition) is 1. The number of ether oxygens (including phenoxy) is 2. The molecule has 0 saturated carbocycles. The highest BCUT2D eigenvalue weighted by Gasteiger charge is 2.26. The summed E-state index contributed by atoms with van der Waals surface area (Å²) in [5.41, 5.74) is -0.816. The maximum Gasteiger partial charge on any atom is 0.344 e. The van der Waals surface area contributed by atoms with E-state index in [0.29, 0.717) is 11.4 Å². The van der Waals surface area contributed by atoms with Gasteiger partial charge in [-0.15, -0.1) is 0 Å². The Labute approximate surface area is 186 Å². The number of carbonyl (C=O) groups excluding carboxylic acids is 2. The van der Waals surface area contributed by atoms with E-state index in [1.165, 1.54) is 38.3 Å². The SMILES string of the molecule is COc1ccc(NC(=O)c2ccc(OC(=O)c3cc([N+](=O)[O-])c(C)c([N+](=O)[O-])c3)cc2)cc1. The van der Waals surface area contributed by atoms with Crippen LogP contribution in [0.5, 0.6) is 11.5 Å². The Hall–Kier alpha value is -4.80. The summed E-state index contributed by atoms with van der Waals surface area (Å²) in [6, 6.07) is 14.1. The van der Waals surface area contributed by atoms with Gasteiger partial charge in [-0.25, -0.2) is 4.79 Å². The lowest BCUT2D eigenvalue weighted by molar-refractivity contribution is -0.395. The molecule has 0 bridgehead atoms. The fraction of sp³-hybridized carbons (Fsp3) is 0.0909. The number of nitrogens with one attached hydrogen (secondary N) is 1. The first-order valence-corrected chi connectivity index (χ1v) is 9.40. The van der Waals surface area contributed by atoms with Gasteiger partial charge >= 0.3 is 5.97 Å². The lowest BCUT2D eigenvalue weighted by Crippen LogP contribution is -2.13. The van der Waals surface area contributed by atoms with E-state index in [1.807, 2.05) is 0 Å². The molecule has 3 aromatic carbocycles. The number of hydrogen-bond acceptors (Lipinski definition) is 8. The molecule has 1 N–H and O–H groups in total. The van der Waals surface area contributed by atoms with Crippen LogP contribution >= 0.6 is 0 Å². The van der Waals surface area contributed by atoms with Gasteiger partial charge in [-0.2, -0.15) is 0 Å². The maximum absolute atomic E-state index is 12.4. The van der Waals surface area contributed by atoms with E-state index in [9.17, 15) is 29.8 Å². The first-order valence-electron chi connectivity index (χ1n) is 9.40. The van der Waals surface area contributed by atoms with Gasteiger partial charge in [0.15, 0.2) is 0 Å². The van der Waals surface area contributed by atoms with Crippen LogP contribution in [0.15, 0.2) is 60.7 Å². The quantitative estimate of drug-likeness (QED) is 0.242. The van der Waals surface area contributed by atoms with E-state index >= 15 is 0 Å². The summed E-state index contributed by atoms with van der Waals surface area (Å²) in [6.45, 7) is 1.22. The average molecular weight is 451 g/mol. The molecule has 0 aromatic heterocycles. The van der Waals surface area contributed by atoms with Gasteiger partial charge < -0.3 is 14.8 Å². The zero-order valence-electron chi connectivity index (χ0n) is 17.4. The van der Waals surface area contributed by atoms with Crippen LogP contribution in [0.4, 0.5) is 17.1 Å². The van der Waals surface area contributed by atoms with Crippen LogP contribution in [0.1, 0.15) is 26.3 Å². The summed E-state index contributed by atoms with van der Waals surface area (Å²) >= 11 is 0. The second-order valence-corrected chi connectivity index (χ2v) is 6.75. The molecule has 0 radical (unpaired) electrons. The summed E-state index contributed by atoms with van der Waals surface area (Å²) in [5, 5.41) is 25.1. The first-order chi connectivity index (χ1) is 15.7. The fourth-order valence-electron chi connectivity index (χ4n) is 2.90. The molecule has 11 nitrogen and oxygen atoms in total. The Morgan fingerprint density at radius 3 is 1.82 bits per heavy atom. The van der Waals surface area contributed by atoms with E-state index < -0.39 is 33.1 Å². The molecule has 168 valence electrons. The third-order valence-electron chi connectivity index (χ3n) is 4.66. The van der Waals surface area contributed by atoms with Gasteiger partial charge in [0.25, 0.3) is 17.3 Å². The molecule has 1 amide bonds. The van der Waals surface area contributed by atoms with E-state index in [2.05, 4.69) is 5.32 Å². The lowest BCUT2D eigenvalue weighted by atomic mass is 10.1. The Balaban J connectivity index is 1.74. The van der Waals surface area contributed by atoms with Crippen LogP contribution in [0.3, 0.4) is 0 Å². The predicted octanol–water partition coefficient (Wildman–Crippen LogP) is 4.29. The van der Waals surface area contributed by atoms with Gasteiger partial charge in [0, 0.05) is 23.4 Å². The van der Waals surface area contributed by atoms with Crippen molar-refractivity contribution in [3.8, 4) is 11.5 Å². The molecule has 0 unspecified atom stereocenters. The predicted molar refractivity (Wildman–Crippen MR) is 117 cm³/mol. The van der Waals surface area contributed by atoms with Crippen molar-refractivity contribution in [3.63, 3.8) is 0 Å². The number of nitro benzene ring substituents is 2. The summed E-state index contributed by atoms with van der Waals surface area (Å²) in [4.78, 5) is 45.6. The molecular formula is C22H17N3O8. The molecule has 0 aliphatic heterocycles. The number of nitrogens with zero attached hydrogens (tertiary/aromatic N) is 2. The Bertz CT molecular complexity index is 1200. The van der Waals surface area contributed by atoms with Crippen LogP contribution in [0, 0.1) is 27.2 Å². The molecule has 0 heterocycles. The van der Waals surface area contributed by atoms with Crippen molar-refractivity contribution in [2.75, 3.05) is 12.4 Å². The Morgan fingerprint density at radius 1 is 0.818 bits per heavy atom. The molecule has 0 aliphatic rings. The number of esters is 1. The van der Waals surface area contributed by atoms with Crippen LogP contribution in [0.25, 0.3) is 0 Å². The first kappa shape index (κ1) is 22.9. The number of anilines is 1. The monoisotopic (exact) mass is 451 g/mol. The highest BCUT2D eigenvalue weighted by atomic mass is 16.6. The van der Waals surface area contributed by atoms with Crippen LogP contribution in [-0.2, 0) is 0 Å². The summed E-state index contributed by atoms with van der Waals surface area (Å²) in [5.74, 6) is -0.727. The molecule has 11 heteroatoms. The minimum atomic E-state index is -1.02. The molecule has 0 saturated heterocycles. The minimum Gasteiger partial charge on any atom is -0.497 e. The van der Waals surface area contributed by atoms with Gasteiger partial charge in [-0.1, -0.05) is 0 Å². The van der Waals surface area contributed by atoms with E-state index in [-0.39, 0.29) is 22.4 Å². The third-order valence-corrected chi connectivity index (χ3v) is 4.66. The second-order valence-electron chi connectivity index (χ2n) is 6.75. The standard InChI is InChI=1S/C22H17N3O8/c1-13-19(24(28)29)11-15(12-20(13)25(30)31)22(27)33-18-7-3-14(4-8-18)21(26)23-16-5-9-17(32-2)10-6-16/h3-12H,1-2H3,(H,23,26). The normalized spacial score (nSPS) is 10.2. The second kappa shape index (κ2) is 9.56. The highest BCUT2D eigenvalue weighted by Crippen LogP contribution is 2.30. The fourth-order valence-corrected chi connectivity index (χ4v) is 2.90. The lowest BCUT2D eigenvalue weighted by Gasteiger charge is -2.08.